The SMILES string of the molecule is CCOc1cccc(CN2[C@H]3CCN(Cc4ccc(C(=O)O)cc4)C(=O)[C@H]3[C@H](c3cccc(C)c3F)[C@]23C(=O)Nc2cc(C)ccc23)c1. The molecule has 3 heterocycles. The molecule has 8 nitrogen and oxygen atoms in total. The number of aromatic carboxylic acids is 1. The maximum atomic E-state index is 16.4. The molecule has 0 saturated carbocycles. The molecule has 7 rings (SSSR count). The number of hydrogen-bond acceptors (Lipinski definition) is 5. The monoisotopic (exact) mass is 647 g/mol. The molecule has 0 radical (unpaired) electrons. The Hall–Kier alpha value is -5.02. The minimum atomic E-state index is -1.37. The van der Waals surface area contributed by atoms with Crippen molar-refractivity contribution >= 4 is 23.5 Å². The molecular weight excluding hydrogens is 609 g/mol. The summed E-state index contributed by atoms with van der Waals surface area (Å²) in [6, 6.07) is 25.0. The number of amides is 2. The Balaban J connectivity index is 1.40. The zero-order valence-electron chi connectivity index (χ0n) is 27.2. The van der Waals surface area contributed by atoms with E-state index >= 15 is 4.39 Å². The Morgan fingerprint density at radius 3 is 2.50 bits per heavy atom. The first-order chi connectivity index (χ1) is 23.1. The summed E-state index contributed by atoms with van der Waals surface area (Å²) in [7, 11) is 0. The molecule has 3 aliphatic heterocycles. The van der Waals surface area contributed by atoms with Crippen molar-refractivity contribution in [2.45, 2.75) is 57.8 Å². The van der Waals surface area contributed by atoms with Crippen LogP contribution in [0.2, 0.25) is 0 Å². The number of nitrogens with one attached hydrogen (secondary N) is 1. The van der Waals surface area contributed by atoms with E-state index in [1.165, 1.54) is 12.1 Å². The first-order valence-electron chi connectivity index (χ1n) is 16.4. The molecule has 0 unspecified atom stereocenters. The van der Waals surface area contributed by atoms with Gasteiger partial charge in [-0.1, -0.05) is 54.6 Å². The number of benzene rings is 4. The number of hydrogen-bond donors (Lipinski definition) is 2. The smallest absolute Gasteiger partial charge is 0.335 e. The first kappa shape index (κ1) is 31.6. The summed E-state index contributed by atoms with van der Waals surface area (Å²) in [5.41, 5.74) is 3.70. The Morgan fingerprint density at radius 1 is 0.979 bits per heavy atom. The van der Waals surface area contributed by atoms with Crippen molar-refractivity contribution in [2.24, 2.45) is 5.92 Å². The number of carbonyl (C=O) groups excluding carboxylic acids is 2. The Kier molecular flexibility index (Phi) is 8.03. The summed E-state index contributed by atoms with van der Waals surface area (Å²) in [6.07, 6.45) is 0.564. The highest BCUT2D eigenvalue weighted by atomic mass is 19.1. The van der Waals surface area contributed by atoms with E-state index in [1.807, 2.05) is 56.3 Å². The molecule has 246 valence electrons. The van der Waals surface area contributed by atoms with Crippen molar-refractivity contribution < 1.29 is 28.6 Å². The van der Waals surface area contributed by atoms with Crippen molar-refractivity contribution in [1.29, 1.82) is 0 Å². The average molecular weight is 648 g/mol. The summed E-state index contributed by atoms with van der Waals surface area (Å²) in [6.45, 7) is 7.15. The number of fused-ring (bicyclic) bond motifs is 3. The molecule has 2 amide bonds. The molecule has 48 heavy (non-hydrogen) atoms. The van der Waals surface area contributed by atoms with Crippen LogP contribution in [0, 0.1) is 25.6 Å². The normalized spacial score (nSPS) is 23.2. The minimum absolute atomic E-state index is 0.155. The van der Waals surface area contributed by atoms with Crippen LogP contribution in [0.5, 0.6) is 5.75 Å². The number of carboxylic acid groups (broad SMARTS) is 1. The van der Waals surface area contributed by atoms with E-state index in [-0.39, 0.29) is 30.0 Å². The number of piperidine rings is 1. The van der Waals surface area contributed by atoms with Crippen molar-refractivity contribution in [3.8, 4) is 5.75 Å². The summed E-state index contributed by atoms with van der Waals surface area (Å²) >= 11 is 0. The second-order valence-corrected chi connectivity index (χ2v) is 13.1. The highest BCUT2D eigenvalue weighted by molar-refractivity contribution is 6.08. The van der Waals surface area contributed by atoms with E-state index in [4.69, 9.17) is 4.74 Å². The van der Waals surface area contributed by atoms with E-state index in [9.17, 15) is 19.5 Å². The van der Waals surface area contributed by atoms with Gasteiger partial charge in [-0.25, -0.2) is 9.18 Å². The highest BCUT2D eigenvalue weighted by Crippen LogP contribution is 2.61. The lowest BCUT2D eigenvalue weighted by Crippen LogP contribution is -2.52. The standard InChI is InChI=1S/C39H38FN3O5/c1-4-48-28-9-6-8-26(20-28)22-43-32-17-18-42(21-25-12-14-27(15-13-25)37(45)46)36(44)33(32)34(29-10-5-7-24(3)35(29)40)39(43)30-16-11-23(2)19-31(30)41-38(39)47/h5-16,19-20,32-34H,4,17-18,21-22H2,1-3H3,(H,41,47)(H,45,46)/t32-,33+,34-,39+/m0/s1. The third-order valence-electron chi connectivity index (χ3n) is 10.2. The van der Waals surface area contributed by atoms with Crippen LogP contribution in [0.4, 0.5) is 10.1 Å². The van der Waals surface area contributed by atoms with Gasteiger partial charge in [0.15, 0.2) is 0 Å². The lowest BCUT2D eigenvalue weighted by Gasteiger charge is -2.40. The van der Waals surface area contributed by atoms with Crippen molar-refractivity contribution in [2.75, 3.05) is 18.5 Å². The summed E-state index contributed by atoms with van der Waals surface area (Å²) in [4.78, 5) is 45.0. The van der Waals surface area contributed by atoms with Gasteiger partial charge in [-0.05, 0) is 85.3 Å². The molecule has 2 fully saturated rings. The number of halogens is 1. The quantitative estimate of drug-likeness (QED) is 0.230. The fourth-order valence-electron chi connectivity index (χ4n) is 8.19. The van der Waals surface area contributed by atoms with Crippen LogP contribution in [-0.2, 0) is 28.2 Å². The van der Waals surface area contributed by atoms with Crippen LogP contribution < -0.4 is 10.1 Å². The Morgan fingerprint density at radius 2 is 1.75 bits per heavy atom. The molecule has 4 aromatic rings. The summed E-state index contributed by atoms with van der Waals surface area (Å²) < 4.78 is 22.3. The zero-order valence-corrected chi connectivity index (χ0v) is 27.2. The van der Waals surface area contributed by atoms with Crippen molar-refractivity contribution in [3.05, 3.63) is 130 Å². The van der Waals surface area contributed by atoms with Gasteiger partial charge in [-0.15, -0.1) is 0 Å². The first-order valence-corrected chi connectivity index (χ1v) is 16.4. The molecule has 4 atom stereocenters. The third-order valence-corrected chi connectivity index (χ3v) is 10.2. The fraction of sp³-hybridized carbons (Fsp3) is 0.308. The number of anilines is 1. The average Bonchev–Trinajstić information content (AvgIpc) is 3.51. The van der Waals surface area contributed by atoms with Gasteiger partial charge in [-0.3, -0.25) is 14.5 Å². The number of ether oxygens (including phenoxy) is 1. The number of carboxylic acids is 1. The maximum Gasteiger partial charge on any atom is 0.335 e. The topological polar surface area (TPSA) is 99.2 Å². The van der Waals surface area contributed by atoms with Gasteiger partial charge in [0.2, 0.25) is 11.8 Å². The van der Waals surface area contributed by atoms with Crippen LogP contribution in [0.3, 0.4) is 0 Å². The van der Waals surface area contributed by atoms with Crippen molar-refractivity contribution in [3.63, 3.8) is 0 Å². The number of aryl methyl sites for hydroxylation is 2. The van der Waals surface area contributed by atoms with E-state index in [1.54, 1.807) is 42.2 Å². The van der Waals surface area contributed by atoms with E-state index in [0.29, 0.717) is 48.7 Å². The van der Waals surface area contributed by atoms with E-state index in [0.717, 1.165) is 22.3 Å². The molecular formula is C39H38FN3O5. The van der Waals surface area contributed by atoms with Crippen LogP contribution >= 0.6 is 0 Å². The Bertz CT molecular complexity index is 1930. The van der Waals surface area contributed by atoms with Crippen LogP contribution in [0.25, 0.3) is 0 Å². The fourth-order valence-corrected chi connectivity index (χ4v) is 8.19. The zero-order chi connectivity index (χ0) is 33.7. The number of carbonyl (C=O) groups is 3. The molecule has 3 aliphatic rings. The number of nitrogens with zero attached hydrogens (tertiary/aromatic N) is 2. The van der Waals surface area contributed by atoms with Crippen LogP contribution in [0.15, 0.2) is 84.9 Å². The number of likely N-dealkylation sites (tertiary alicyclic amines) is 2. The molecule has 0 bridgehead atoms. The second-order valence-electron chi connectivity index (χ2n) is 13.1. The highest BCUT2D eigenvalue weighted by Gasteiger charge is 2.69. The van der Waals surface area contributed by atoms with Gasteiger partial charge in [0, 0.05) is 42.8 Å². The lowest BCUT2D eigenvalue weighted by atomic mass is 9.69. The van der Waals surface area contributed by atoms with Crippen LogP contribution in [0.1, 0.15) is 63.0 Å². The van der Waals surface area contributed by atoms with E-state index < -0.39 is 29.2 Å². The van der Waals surface area contributed by atoms with Crippen molar-refractivity contribution in [1.82, 2.24) is 9.80 Å². The minimum Gasteiger partial charge on any atom is -0.494 e. The van der Waals surface area contributed by atoms with Gasteiger partial charge < -0.3 is 20.1 Å². The van der Waals surface area contributed by atoms with Gasteiger partial charge in [-0.2, -0.15) is 0 Å². The molecule has 2 N–H and O–H groups in total. The molecule has 1 spiro atoms. The maximum absolute atomic E-state index is 16.4. The molecule has 2 saturated heterocycles. The summed E-state index contributed by atoms with van der Waals surface area (Å²) in [5, 5.41) is 12.5. The predicted molar refractivity (Wildman–Crippen MR) is 179 cm³/mol. The molecule has 0 aromatic heterocycles. The van der Waals surface area contributed by atoms with E-state index in [2.05, 4.69) is 10.2 Å². The third kappa shape index (κ3) is 5.04. The van der Waals surface area contributed by atoms with Gasteiger partial charge >= 0.3 is 5.97 Å². The lowest BCUT2D eigenvalue weighted by molar-refractivity contribution is -0.141. The molecule has 4 aromatic carbocycles. The predicted octanol–water partition coefficient (Wildman–Crippen LogP) is 6.40. The summed E-state index contributed by atoms with van der Waals surface area (Å²) in [5.74, 6) is -2.70. The number of rotatable bonds is 8. The van der Waals surface area contributed by atoms with Gasteiger partial charge in [0.25, 0.3) is 0 Å². The van der Waals surface area contributed by atoms with Gasteiger partial charge in [0.05, 0.1) is 18.1 Å². The largest absolute Gasteiger partial charge is 0.494 e. The molecule has 0 aliphatic carbocycles. The second kappa shape index (κ2) is 12.2. The van der Waals surface area contributed by atoms with Crippen LogP contribution in [-0.4, -0.2) is 51.9 Å². The molecule has 9 heteroatoms. The van der Waals surface area contributed by atoms with Gasteiger partial charge in [0.1, 0.15) is 17.1 Å². The Labute approximate surface area is 279 Å².